The lowest BCUT2D eigenvalue weighted by Gasteiger charge is -2.49. The summed E-state index contributed by atoms with van der Waals surface area (Å²) in [6, 6.07) is 18.5. The van der Waals surface area contributed by atoms with E-state index in [-0.39, 0.29) is 41.2 Å². The van der Waals surface area contributed by atoms with E-state index >= 15 is 0 Å². The van der Waals surface area contributed by atoms with Crippen LogP contribution in [0.25, 0.3) is 10.8 Å². The second-order valence-corrected chi connectivity index (χ2v) is 14.3. The SMILES string of the molecule is C[C@@]12C(=O)N(c3ccc(F)c(Cl)c3)C(=O)[C@@H]1C[C@@H]1C(=CC[C@@H]3C(=O)N(Cc4cccs4)C(=O)[C@@H]31)[C@@H]2c1ccc2ccccc2c1O. The van der Waals surface area contributed by atoms with Gasteiger partial charge in [0, 0.05) is 21.7 Å². The molecule has 2 aliphatic carbocycles. The van der Waals surface area contributed by atoms with E-state index < -0.39 is 52.6 Å². The molecule has 3 aromatic carbocycles. The van der Waals surface area contributed by atoms with Crippen molar-refractivity contribution in [3.8, 4) is 5.75 Å². The molecule has 2 saturated heterocycles. The molecule has 1 aromatic heterocycles. The predicted molar refractivity (Wildman–Crippen MR) is 172 cm³/mol. The monoisotopic (exact) mass is 654 g/mol. The molecule has 2 aliphatic heterocycles. The first kappa shape index (κ1) is 29.1. The largest absolute Gasteiger partial charge is 0.507 e. The van der Waals surface area contributed by atoms with Crippen LogP contribution >= 0.6 is 22.9 Å². The van der Waals surface area contributed by atoms with E-state index in [0.717, 1.165) is 26.8 Å². The highest BCUT2D eigenvalue weighted by molar-refractivity contribution is 7.09. The number of phenolic OH excluding ortho intramolecular Hbond substituents is 1. The van der Waals surface area contributed by atoms with E-state index in [1.165, 1.54) is 28.4 Å². The number of phenols is 1. The third kappa shape index (κ3) is 3.94. The Morgan fingerprint density at radius 1 is 0.978 bits per heavy atom. The highest BCUT2D eigenvalue weighted by atomic mass is 35.5. The maximum atomic E-state index is 14.6. The van der Waals surface area contributed by atoms with Gasteiger partial charge in [-0.3, -0.25) is 24.1 Å². The molecule has 0 bridgehead atoms. The van der Waals surface area contributed by atoms with Gasteiger partial charge >= 0.3 is 0 Å². The Bertz CT molecular complexity index is 2030. The number of amides is 4. The van der Waals surface area contributed by atoms with Crippen LogP contribution in [0, 0.1) is 34.9 Å². The first-order valence-corrected chi connectivity index (χ1v) is 16.5. The highest BCUT2D eigenvalue weighted by Crippen LogP contribution is 2.64. The van der Waals surface area contributed by atoms with E-state index in [4.69, 9.17) is 11.6 Å². The number of hydrogen-bond donors (Lipinski definition) is 1. The molecule has 4 aliphatic rings. The fourth-order valence-electron chi connectivity index (χ4n) is 8.51. The number of halogens is 2. The van der Waals surface area contributed by atoms with Crippen molar-refractivity contribution in [2.45, 2.75) is 32.2 Å². The molecule has 0 radical (unpaired) electrons. The number of allylic oxidation sites excluding steroid dienone is 2. The zero-order valence-electron chi connectivity index (χ0n) is 24.7. The van der Waals surface area contributed by atoms with Crippen LogP contribution in [0.2, 0.25) is 5.02 Å². The molecule has 3 fully saturated rings. The van der Waals surface area contributed by atoms with Gasteiger partial charge in [-0.15, -0.1) is 11.3 Å². The number of imide groups is 2. The van der Waals surface area contributed by atoms with Crippen LogP contribution in [-0.2, 0) is 25.7 Å². The lowest BCUT2D eigenvalue weighted by atomic mass is 9.51. The van der Waals surface area contributed by atoms with Gasteiger partial charge in [0.1, 0.15) is 11.6 Å². The van der Waals surface area contributed by atoms with Gasteiger partial charge in [-0.05, 0) is 60.7 Å². The second-order valence-electron chi connectivity index (χ2n) is 12.8. The minimum atomic E-state index is -1.35. The lowest BCUT2D eigenvalue weighted by Crippen LogP contribution is -2.48. The fourth-order valence-corrected chi connectivity index (χ4v) is 9.38. The number of thiophene rings is 1. The van der Waals surface area contributed by atoms with E-state index in [0.29, 0.717) is 17.4 Å². The van der Waals surface area contributed by atoms with Crippen LogP contribution in [-0.4, -0.2) is 33.6 Å². The zero-order valence-corrected chi connectivity index (χ0v) is 26.2. The molecule has 3 heterocycles. The van der Waals surface area contributed by atoms with Crippen LogP contribution in [0.15, 0.2) is 83.8 Å². The molecule has 1 saturated carbocycles. The highest BCUT2D eigenvalue weighted by Gasteiger charge is 2.68. The molecular weight excluding hydrogens is 627 g/mol. The van der Waals surface area contributed by atoms with Gasteiger partial charge in [-0.1, -0.05) is 65.7 Å². The topological polar surface area (TPSA) is 95.0 Å². The lowest BCUT2D eigenvalue weighted by molar-refractivity contribution is -0.141. The second kappa shape index (κ2) is 10.3. The summed E-state index contributed by atoms with van der Waals surface area (Å²) in [7, 11) is 0. The molecule has 4 aromatic rings. The van der Waals surface area contributed by atoms with Crippen LogP contribution in [0.1, 0.15) is 36.1 Å². The fraction of sp³-hybridized carbons (Fsp3) is 0.278. The number of aromatic hydroxyl groups is 1. The van der Waals surface area contributed by atoms with Crippen LogP contribution < -0.4 is 4.90 Å². The number of nitrogens with zero attached hydrogens (tertiary/aromatic N) is 2. The standard InChI is InChI=1S/C36H28ClFN2O5S/c1-36-26(33(43)40(35(36)45)19-9-13-28(38)27(37)15-19)16-25-22(30(36)24-10-8-18-5-2-3-7-21(18)31(24)41)11-12-23-29(25)34(44)39(32(23)42)17-20-6-4-14-46-20/h2-11,13-15,23,25-26,29-30,41H,12,16-17H2,1H3/t23-,25+,26-,29-,30+,36+/m0/s1. The molecule has 8 rings (SSSR count). The van der Waals surface area contributed by atoms with Crippen molar-refractivity contribution in [1.29, 1.82) is 0 Å². The molecule has 0 spiro atoms. The number of fused-ring (bicyclic) bond motifs is 5. The molecule has 6 atom stereocenters. The summed E-state index contributed by atoms with van der Waals surface area (Å²) in [5, 5.41) is 14.9. The number of benzene rings is 3. The third-order valence-electron chi connectivity index (χ3n) is 10.7. The Balaban J connectivity index is 1.29. The molecule has 232 valence electrons. The van der Waals surface area contributed by atoms with E-state index in [9.17, 15) is 28.7 Å². The Morgan fingerprint density at radius 3 is 2.54 bits per heavy atom. The summed E-state index contributed by atoms with van der Waals surface area (Å²) in [5.74, 6) is -5.57. The van der Waals surface area contributed by atoms with E-state index in [1.54, 1.807) is 19.1 Å². The van der Waals surface area contributed by atoms with Crippen molar-refractivity contribution in [3.05, 3.63) is 105 Å². The number of likely N-dealkylation sites (tertiary alicyclic amines) is 1. The summed E-state index contributed by atoms with van der Waals surface area (Å²) < 4.78 is 14.1. The Kier molecular flexibility index (Phi) is 6.54. The molecule has 0 unspecified atom stereocenters. The first-order valence-electron chi connectivity index (χ1n) is 15.2. The van der Waals surface area contributed by atoms with Gasteiger partial charge in [0.05, 0.1) is 40.4 Å². The zero-order chi connectivity index (χ0) is 32.1. The van der Waals surface area contributed by atoms with E-state index in [1.807, 2.05) is 47.9 Å². The van der Waals surface area contributed by atoms with Gasteiger partial charge in [-0.2, -0.15) is 0 Å². The number of anilines is 1. The molecule has 4 amide bonds. The number of carbonyl (C=O) groups excluding carboxylic acids is 4. The maximum Gasteiger partial charge on any atom is 0.241 e. The average Bonchev–Trinajstić information content (AvgIpc) is 3.70. The van der Waals surface area contributed by atoms with Gasteiger partial charge in [-0.25, -0.2) is 9.29 Å². The Hall–Kier alpha value is -4.34. The summed E-state index contributed by atoms with van der Waals surface area (Å²) in [6.07, 6.45) is 2.45. The van der Waals surface area contributed by atoms with Crippen LogP contribution in [0.5, 0.6) is 5.75 Å². The summed E-state index contributed by atoms with van der Waals surface area (Å²) >= 11 is 7.57. The average molecular weight is 655 g/mol. The number of carbonyl (C=O) groups is 4. The molecule has 7 nitrogen and oxygen atoms in total. The summed E-state index contributed by atoms with van der Waals surface area (Å²) in [5.41, 5.74) is 0.0652. The van der Waals surface area contributed by atoms with Crippen LogP contribution in [0.4, 0.5) is 10.1 Å². The smallest absolute Gasteiger partial charge is 0.241 e. The minimum absolute atomic E-state index is 0.00317. The number of hydrogen-bond acceptors (Lipinski definition) is 6. The molecule has 1 N–H and O–H groups in total. The van der Waals surface area contributed by atoms with Crippen LogP contribution in [0.3, 0.4) is 0 Å². The van der Waals surface area contributed by atoms with Crippen molar-refractivity contribution in [2.24, 2.45) is 29.1 Å². The maximum absolute atomic E-state index is 14.6. The quantitative estimate of drug-likeness (QED) is 0.192. The minimum Gasteiger partial charge on any atom is -0.507 e. The van der Waals surface area contributed by atoms with Gasteiger partial charge in [0.25, 0.3) is 0 Å². The van der Waals surface area contributed by atoms with Crippen molar-refractivity contribution in [1.82, 2.24) is 4.90 Å². The van der Waals surface area contributed by atoms with Crippen molar-refractivity contribution >= 4 is 63.0 Å². The Labute approximate surface area is 272 Å². The van der Waals surface area contributed by atoms with Crippen molar-refractivity contribution in [3.63, 3.8) is 0 Å². The van der Waals surface area contributed by atoms with Gasteiger partial charge < -0.3 is 5.11 Å². The van der Waals surface area contributed by atoms with E-state index in [2.05, 4.69) is 0 Å². The van der Waals surface area contributed by atoms with Gasteiger partial charge in [0.15, 0.2) is 0 Å². The normalized spacial score (nSPS) is 28.8. The molecule has 10 heteroatoms. The summed E-state index contributed by atoms with van der Waals surface area (Å²) in [4.78, 5) is 60.0. The number of rotatable bonds is 4. The molecular formula is C36H28ClFN2O5S. The molecule has 46 heavy (non-hydrogen) atoms. The predicted octanol–water partition coefficient (Wildman–Crippen LogP) is 6.83. The van der Waals surface area contributed by atoms with Gasteiger partial charge in [0.2, 0.25) is 23.6 Å². The third-order valence-corrected chi connectivity index (χ3v) is 11.8. The first-order chi connectivity index (χ1) is 22.1. The van der Waals surface area contributed by atoms with Crippen molar-refractivity contribution in [2.75, 3.05) is 4.90 Å². The summed E-state index contributed by atoms with van der Waals surface area (Å²) in [6.45, 7) is 1.94. The Morgan fingerprint density at radius 2 is 1.78 bits per heavy atom. The van der Waals surface area contributed by atoms with Crippen molar-refractivity contribution < 1.29 is 28.7 Å².